The van der Waals surface area contributed by atoms with Crippen LogP contribution in [0.2, 0.25) is 0 Å². The summed E-state index contributed by atoms with van der Waals surface area (Å²) in [6.45, 7) is 7.05. The molecule has 32 heavy (non-hydrogen) atoms. The van der Waals surface area contributed by atoms with Gasteiger partial charge >= 0.3 is 12.0 Å². The lowest BCUT2D eigenvalue weighted by atomic mass is 10.1. The third-order valence-corrected chi connectivity index (χ3v) is 5.94. The molecular weight excluding hydrogens is 410 g/mol. The highest BCUT2D eigenvalue weighted by molar-refractivity contribution is 6.19. The number of rotatable bonds is 7. The zero-order valence-corrected chi connectivity index (χ0v) is 19.5. The van der Waals surface area contributed by atoms with Crippen LogP contribution in [-0.2, 0) is 17.8 Å². The van der Waals surface area contributed by atoms with Crippen molar-refractivity contribution in [1.82, 2.24) is 14.4 Å². The molecule has 9 heteroatoms. The number of hydrogen-bond acceptors (Lipinski definition) is 5. The van der Waals surface area contributed by atoms with Crippen molar-refractivity contribution in [1.29, 1.82) is 0 Å². The summed E-state index contributed by atoms with van der Waals surface area (Å²) in [7, 11) is 4.92. The lowest BCUT2D eigenvalue weighted by Crippen LogP contribution is -2.63. The summed E-state index contributed by atoms with van der Waals surface area (Å²) in [5.41, 5.74) is 2.11. The van der Waals surface area contributed by atoms with E-state index in [0.717, 1.165) is 17.7 Å². The van der Waals surface area contributed by atoms with Crippen molar-refractivity contribution in [3.63, 3.8) is 0 Å². The van der Waals surface area contributed by atoms with E-state index in [1.54, 1.807) is 21.3 Å². The first kappa shape index (κ1) is 21.9. The number of aromatic nitrogens is 2. The van der Waals surface area contributed by atoms with Crippen molar-refractivity contribution >= 4 is 23.7 Å². The molecule has 1 atom stereocenters. The van der Waals surface area contributed by atoms with Crippen LogP contribution >= 0.6 is 0 Å². The Labute approximate surface area is 187 Å². The number of likely N-dealkylation sites (N-methyl/N-ethyl adjacent to an activating group) is 1. The number of nitrogens with zero attached hydrogens (tertiary/aromatic N) is 5. The molecule has 1 fully saturated rings. The first-order chi connectivity index (χ1) is 15.3. The quantitative estimate of drug-likeness (QED) is 0.620. The summed E-state index contributed by atoms with van der Waals surface area (Å²) < 4.78 is 14.7. The summed E-state index contributed by atoms with van der Waals surface area (Å²) in [6.07, 6.45) is 2.70. The van der Waals surface area contributed by atoms with Crippen molar-refractivity contribution < 1.29 is 23.6 Å². The normalized spacial score (nSPS) is 17.6. The molecule has 2 aliphatic heterocycles. The number of ether oxygens (including phenoxy) is 2. The second kappa shape index (κ2) is 8.29. The third kappa shape index (κ3) is 3.51. The summed E-state index contributed by atoms with van der Waals surface area (Å²) in [5, 5.41) is 0. The van der Waals surface area contributed by atoms with Crippen LogP contribution in [0.5, 0.6) is 11.5 Å². The fourth-order valence-corrected chi connectivity index (χ4v) is 4.32. The Morgan fingerprint density at radius 3 is 2.53 bits per heavy atom. The Hall–Kier alpha value is -3.36. The minimum absolute atomic E-state index is 0.188. The predicted molar refractivity (Wildman–Crippen MR) is 118 cm³/mol. The molecule has 170 valence electrons. The van der Waals surface area contributed by atoms with E-state index in [1.165, 1.54) is 9.80 Å². The smallest absolute Gasteiger partial charge is 0.401 e. The number of amides is 3. The number of amidine groups is 1. The molecule has 0 bridgehead atoms. The van der Waals surface area contributed by atoms with E-state index < -0.39 is 6.04 Å². The molecule has 1 saturated heterocycles. The molecule has 9 nitrogen and oxygen atoms in total. The fraction of sp³-hybridized carbons (Fsp3) is 0.478. The van der Waals surface area contributed by atoms with Gasteiger partial charge in [0.2, 0.25) is 11.9 Å². The van der Waals surface area contributed by atoms with Gasteiger partial charge in [0.15, 0.2) is 11.5 Å². The third-order valence-electron chi connectivity index (χ3n) is 5.94. The molecular formula is C23H30N5O4+. The molecule has 0 aliphatic carbocycles. The molecule has 0 spiro atoms. The van der Waals surface area contributed by atoms with Crippen LogP contribution in [-0.4, -0.2) is 60.0 Å². The minimum Gasteiger partial charge on any atom is -0.493 e. The Morgan fingerprint density at radius 1 is 1.16 bits per heavy atom. The van der Waals surface area contributed by atoms with Crippen LogP contribution in [0.1, 0.15) is 31.1 Å². The van der Waals surface area contributed by atoms with E-state index in [0.29, 0.717) is 36.4 Å². The van der Waals surface area contributed by atoms with Gasteiger partial charge in [0.25, 0.3) is 5.91 Å². The van der Waals surface area contributed by atoms with Crippen molar-refractivity contribution in [3.05, 3.63) is 35.7 Å². The van der Waals surface area contributed by atoms with Gasteiger partial charge in [-0.3, -0.25) is 14.6 Å². The number of carbonyl (C=O) groups is 2. The molecule has 2 aromatic rings. The topological polar surface area (TPSA) is 80.2 Å². The van der Waals surface area contributed by atoms with E-state index >= 15 is 0 Å². The first-order valence-corrected chi connectivity index (χ1v) is 10.8. The highest BCUT2D eigenvalue weighted by atomic mass is 16.5. The van der Waals surface area contributed by atoms with Crippen LogP contribution in [0.25, 0.3) is 0 Å². The number of aryl methyl sites for hydroxylation is 2. The van der Waals surface area contributed by atoms with Gasteiger partial charge in [0.1, 0.15) is 11.9 Å². The molecule has 0 saturated carbocycles. The molecule has 1 unspecified atom stereocenters. The molecule has 1 aromatic carbocycles. The van der Waals surface area contributed by atoms with Crippen LogP contribution in [0.15, 0.2) is 29.4 Å². The van der Waals surface area contributed by atoms with Gasteiger partial charge in [-0.1, -0.05) is 24.9 Å². The average Bonchev–Trinajstić information content (AvgIpc) is 3.28. The standard InChI is InChI=1S/C23H30N5O4/c1-14(2)12-28-21(29)19-20(25(4)23(28)30)24-22-26(15(3)13-27(19)22)10-9-16-7-8-17(31-5)18(11-16)32-6/h7-8,11,13-14,19H,9-10,12H2,1-6H3/q+1. The van der Waals surface area contributed by atoms with Crippen molar-refractivity contribution in [3.8, 4) is 11.5 Å². The zero-order chi connectivity index (χ0) is 23.2. The van der Waals surface area contributed by atoms with Gasteiger partial charge in [0.05, 0.1) is 20.8 Å². The Balaban J connectivity index is 1.62. The fourth-order valence-electron chi connectivity index (χ4n) is 4.32. The van der Waals surface area contributed by atoms with Crippen LogP contribution < -0.4 is 14.0 Å². The molecule has 0 N–H and O–H groups in total. The van der Waals surface area contributed by atoms with E-state index in [2.05, 4.69) is 4.57 Å². The second-order valence-corrected chi connectivity index (χ2v) is 8.63. The highest BCUT2D eigenvalue weighted by Crippen LogP contribution is 2.31. The monoisotopic (exact) mass is 440 g/mol. The number of fused-ring (bicyclic) bond motifs is 3. The Bertz CT molecular complexity index is 1100. The van der Waals surface area contributed by atoms with Crippen LogP contribution in [0.4, 0.5) is 10.7 Å². The lowest BCUT2D eigenvalue weighted by Gasteiger charge is -2.33. The SMILES string of the molecule is COc1ccc(CCn2c(C)c[n+]3c2N=C2C3C(=O)N(CC(C)C)C(=O)N2C)cc1OC. The zero-order valence-electron chi connectivity index (χ0n) is 19.5. The molecule has 1 aromatic heterocycles. The number of imidazole rings is 1. The van der Waals surface area contributed by atoms with Gasteiger partial charge in [-0.15, -0.1) is 0 Å². The maximum Gasteiger partial charge on any atom is 0.401 e. The van der Waals surface area contributed by atoms with Gasteiger partial charge in [-0.05, 0) is 30.5 Å². The average molecular weight is 441 g/mol. The van der Waals surface area contributed by atoms with Gasteiger partial charge < -0.3 is 9.47 Å². The molecule has 3 heterocycles. The lowest BCUT2D eigenvalue weighted by molar-refractivity contribution is -0.677. The van der Waals surface area contributed by atoms with Crippen molar-refractivity contribution in [2.45, 2.75) is 39.8 Å². The number of urea groups is 1. The van der Waals surface area contributed by atoms with Crippen LogP contribution in [0.3, 0.4) is 0 Å². The Morgan fingerprint density at radius 2 is 1.88 bits per heavy atom. The number of benzene rings is 1. The summed E-state index contributed by atoms with van der Waals surface area (Å²) in [6, 6.07) is 4.95. The summed E-state index contributed by atoms with van der Waals surface area (Å²) >= 11 is 0. The number of methoxy groups -OCH3 is 2. The maximum atomic E-state index is 13.2. The predicted octanol–water partition coefficient (Wildman–Crippen LogP) is 2.48. The molecule has 2 aliphatic rings. The summed E-state index contributed by atoms with van der Waals surface area (Å²) in [4.78, 5) is 33.6. The van der Waals surface area contributed by atoms with Gasteiger partial charge in [0, 0.05) is 20.0 Å². The van der Waals surface area contributed by atoms with Crippen LogP contribution in [0, 0.1) is 12.8 Å². The summed E-state index contributed by atoms with van der Waals surface area (Å²) in [5.74, 6) is 2.51. The highest BCUT2D eigenvalue weighted by Gasteiger charge is 2.53. The maximum absolute atomic E-state index is 13.2. The largest absolute Gasteiger partial charge is 0.493 e. The minimum atomic E-state index is -0.604. The van der Waals surface area contributed by atoms with Gasteiger partial charge in [-0.2, -0.15) is 0 Å². The first-order valence-electron chi connectivity index (χ1n) is 10.8. The second-order valence-electron chi connectivity index (χ2n) is 8.63. The molecule has 3 amide bonds. The van der Waals surface area contributed by atoms with E-state index in [9.17, 15) is 9.59 Å². The number of imide groups is 1. The molecule has 4 rings (SSSR count). The molecule has 0 radical (unpaired) electrons. The van der Waals surface area contributed by atoms with Crippen molar-refractivity contribution in [2.24, 2.45) is 10.9 Å². The van der Waals surface area contributed by atoms with E-state index in [-0.39, 0.29) is 17.9 Å². The van der Waals surface area contributed by atoms with E-state index in [4.69, 9.17) is 14.5 Å². The number of carbonyl (C=O) groups excluding carboxylic acids is 2. The number of hydrogen-bond donors (Lipinski definition) is 0. The van der Waals surface area contributed by atoms with Gasteiger partial charge in [-0.25, -0.2) is 13.9 Å². The van der Waals surface area contributed by atoms with Crippen molar-refractivity contribution in [2.75, 3.05) is 27.8 Å². The number of aliphatic imine (C=N–C) groups is 1. The Kier molecular flexibility index (Phi) is 5.66. The van der Waals surface area contributed by atoms with E-state index in [1.807, 2.05) is 49.7 Å².